The molecule has 0 saturated carbocycles. The molecule has 0 radical (unpaired) electrons. The number of benzene rings is 1. The summed E-state index contributed by atoms with van der Waals surface area (Å²) >= 11 is 0. The average molecular weight is 406 g/mol. The molecular weight excluding hydrogens is 370 g/mol. The van der Waals surface area contributed by atoms with Crippen molar-refractivity contribution in [3.63, 3.8) is 0 Å². The normalized spacial score (nSPS) is 22.6. The van der Waals surface area contributed by atoms with Crippen LogP contribution in [-0.4, -0.2) is 53.0 Å². The largest absolute Gasteiger partial charge is 0.357 e. The van der Waals surface area contributed by atoms with Gasteiger partial charge in [0, 0.05) is 38.4 Å². The van der Waals surface area contributed by atoms with E-state index in [1.165, 1.54) is 36.9 Å². The van der Waals surface area contributed by atoms with Crippen LogP contribution < -0.4 is 5.32 Å². The van der Waals surface area contributed by atoms with Gasteiger partial charge in [0.25, 0.3) is 0 Å². The molecule has 2 aliphatic heterocycles. The van der Waals surface area contributed by atoms with E-state index in [1.54, 1.807) is 0 Å². The predicted octanol–water partition coefficient (Wildman–Crippen LogP) is 3.84. The van der Waals surface area contributed by atoms with Gasteiger partial charge in [0.1, 0.15) is 0 Å². The smallest absolute Gasteiger partial charge is 0.194 e. The van der Waals surface area contributed by atoms with E-state index < -0.39 is 0 Å². The molecule has 5 heteroatoms. The summed E-state index contributed by atoms with van der Waals surface area (Å²) < 4.78 is 0. The van der Waals surface area contributed by atoms with Gasteiger partial charge in [-0.2, -0.15) is 0 Å². The van der Waals surface area contributed by atoms with Gasteiger partial charge in [-0.15, -0.1) is 0 Å². The number of aromatic nitrogens is 1. The first-order valence-electron chi connectivity index (χ1n) is 11.5. The van der Waals surface area contributed by atoms with E-state index >= 15 is 0 Å². The van der Waals surface area contributed by atoms with Crippen molar-refractivity contribution in [2.45, 2.75) is 52.2 Å². The fourth-order valence-electron chi connectivity index (χ4n) is 4.97. The third-order valence-corrected chi connectivity index (χ3v) is 6.54. The average Bonchev–Trinajstić information content (AvgIpc) is 2.78. The number of nitrogens with one attached hydrogen (secondary N) is 1. The maximum Gasteiger partial charge on any atom is 0.194 e. The fraction of sp³-hybridized carbons (Fsp3) is 0.520. The molecule has 0 aliphatic carbocycles. The van der Waals surface area contributed by atoms with Gasteiger partial charge in [-0.3, -0.25) is 9.88 Å². The van der Waals surface area contributed by atoms with Crippen molar-refractivity contribution in [1.82, 2.24) is 20.1 Å². The number of hydrogen-bond donors (Lipinski definition) is 1. The molecule has 1 N–H and O–H groups in total. The summed E-state index contributed by atoms with van der Waals surface area (Å²) in [6.07, 6.45) is 5.69. The highest BCUT2D eigenvalue weighted by Gasteiger charge is 2.36. The van der Waals surface area contributed by atoms with E-state index in [-0.39, 0.29) is 0 Å². The molecule has 2 aliphatic rings. The monoisotopic (exact) mass is 405 g/mol. The molecule has 2 unspecified atom stereocenters. The first kappa shape index (κ1) is 20.9. The molecule has 160 valence electrons. The van der Waals surface area contributed by atoms with Crippen LogP contribution in [0.3, 0.4) is 0 Å². The number of fused-ring (bicyclic) bond motifs is 1. The maximum atomic E-state index is 4.95. The second kappa shape index (κ2) is 10.1. The van der Waals surface area contributed by atoms with Crippen LogP contribution in [-0.2, 0) is 13.1 Å². The van der Waals surface area contributed by atoms with Crippen LogP contribution in [0, 0.1) is 12.8 Å². The molecule has 3 heterocycles. The molecule has 1 aromatic heterocycles. The fourth-order valence-corrected chi connectivity index (χ4v) is 4.97. The van der Waals surface area contributed by atoms with Crippen LogP contribution in [0.2, 0.25) is 0 Å². The van der Waals surface area contributed by atoms with Crippen LogP contribution >= 0.6 is 0 Å². The Balaban J connectivity index is 1.42. The molecule has 2 atom stereocenters. The van der Waals surface area contributed by atoms with Crippen LogP contribution in [0.1, 0.15) is 43.0 Å². The second-order valence-corrected chi connectivity index (χ2v) is 8.60. The van der Waals surface area contributed by atoms with Crippen LogP contribution in [0.5, 0.6) is 0 Å². The Morgan fingerprint density at radius 3 is 2.80 bits per heavy atom. The SMILES string of the molecule is CCNC(=NCc1ncccc1C)N1CCC2C(CCCN2Cc2ccccc2)C1. The topological polar surface area (TPSA) is 43.8 Å². The van der Waals surface area contributed by atoms with E-state index in [2.05, 4.69) is 70.3 Å². The van der Waals surface area contributed by atoms with E-state index in [9.17, 15) is 0 Å². The Hall–Kier alpha value is -2.40. The lowest BCUT2D eigenvalue weighted by atomic mass is 9.83. The number of hydrogen-bond acceptors (Lipinski definition) is 3. The first-order chi connectivity index (χ1) is 14.7. The summed E-state index contributed by atoms with van der Waals surface area (Å²) in [7, 11) is 0. The van der Waals surface area contributed by atoms with Gasteiger partial charge in [0.2, 0.25) is 0 Å². The zero-order valence-electron chi connectivity index (χ0n) is 18.4. The highest BCUT2D eigenvalue weighted by molar-refractivity contribution is 5.80. The van der Waals surface area contributed by atoms with E-state index in [0.717, 1.165) is 43.8 Å². The van der Waals surface area contributed by atoms with Gasteiger partial charge in [-0.05, 0) is 62.8 Å². The lowest BCUT2D eigenvalue weighted by Gasteiger charge is -2.48. The van der Waals surface area contributed by atoms with E-state index in [1.807, 2.05) is 12.3 Å². The van der Waals surface area contributed by atoms with Crippen molar-refractivity contribution in [1.29, 1.82) is 0 Å². The van der Waals surface area contributed by atoms with Crippen LogP contribution in [0.25, 0.3) is 0 Å². The van der Waals surface area contributed by atoms with Gasteiger partial charge in [-0.1, -0.05) is 36.4 Å². The summed E-state index contributed by atoms with van der Waals surface area (Å²) in [5, 5.41) is 3.52. The molecule has 1 aromatic carbocycles. The number of aryl methyl sites for hydroxylation is 1. The highest BCUT2D eigenvalue weighted by Crippen LogP contribution is 2.31. The molecule has 0 spiro atoms. The Kier molecular flexibility index (Phi) is 7.00. The number of pyridine rings is 1. The van der Waals surface area contributed by atoms with Crippen molar-refractivity contribution >= 4 is 5.96 Å². The molecule has 0 amide bonds. The van der Waals surface area contributed by atoms with Gasteiger partial charge in [-0.25, -0.2) is 4.99 Å². The predicted molar refractivity (Wildman–Crippen MR) is 123 cm³/mol. The molecule has 2 fully saturated rings. The minimum atomic E-state index is 0.639. The van der Waals surface area contributed by atoms with E-state index in [4.69, 9.17) is 4.99 Å². The number of nitrogens with zero attached hydrogens (tertiary/aromatic N) is 4. The Labute approximate surface area is 181 Å². The Morgan fingerprint density at radius 2 is 2.00 bits per heavy atom. The highest BCUT2D eigenvalue weighted by atomic mass is 15.3. The summed E-state index contributed by atoms with van der Waals surface area (Å²) in [5.74, 6) is 1.76. The minimum absolute atomic E-state index is 0.639. The molecule has 30 heavy (non-hydrogen) atoms. The molecule has 2 saturated heterocycles. The van der Waals surface area contributed by atoms with Crippen molar-refractivity contribution in [2.75, 3.05) is 26.2 Å². The van der Waals surface area contributed by atoms with Gasteiger partial charge in [0.15, 0.2) is 5.96 Å². The summed E-state index contributed by atoms with van der Waals surface area (Å²) in [4.78, 5) is 14.7. The molecule has 4 rings (SSSR count). The second-order valence-electron chi connectivity index (χ2n) is 8.60. The minimum Gasteiger partial charge on any atom is -0.357 e. The number of rotatable bonds is 5. The van der Waals surface area contributed by atoms with Gasteiger partial charge in [0.05, 0.1) is 12.2 Å². The van der Waals surface area contributed by atoms with E-state index in [0.29, 0.717) is 12.6 Å². The molecule has 0 bridgehead atoms. The lowest BCUT2D eigenvalue weighted by Crippen LogP contribution is -2.56. The molecular formula is C25H35N5. The van der Waals surface area contributed by atoms with Crippen molar-refractivity contribution in [3.8, 4) is 0 Å². The number of guanidine groups is 1. The van der Waals surface area contributed by atoms with Crippen LogP contribution in [0.15, 0.2) is 53.7 Å². The Bertz CT molecular complexity index is 834. The number of likely N-dealkylation sites (tertiary alicyclic amines) is 2. The standard InChI is InChI=1S/C25H35N5/c1-3-26-25(28-17-23-20(2)9-7-14-27-23)30-16-13-24-22(19-30)12-8-15-29(24)18-21-10-5-4-6-11-21/h4-7,9-11,14,22,24H,3,8,12-13,15-19H2,1-2H3,(H,26,28). The summed E-state index contributed by atoms with van der Waals surface area (Å²) in [5.41, 5.74) is 3.70. The lowest BCUT2D eigenvalue weighted by molar-refractivity contribution is 0.0372. The zero-order chi connectivity index (χ0) is 20.8. The van der Waals surface area contributed by atoms with Crippen molar-refractivity contribution in [3.05, 3.63) is 65.5 Å². The first-order valence-corrected chi connectivity index (χ1v) is 11.5. The number of piperidine rings is 2. The van der Waals surface area contributed by atoms with Crippen molar-refractivity contribution < 1.29 is 0 Å². The third kappa shape index (κ3) is 5.01. The third-order valence-electron chi connectivity index (χ3n) is 6.54. The quantitative estimate of drug-likeness (QED) is 0.606. The maximum absolute atomic E-state index is 4.95. The summed E-state index contributed by atoms with van der Waals surface area (Å²) in [6, 6.07) is 15.7. The van der Waals surface area contributed by atoms with Crippen LogP contribution in [0.4, 0.5) is 0 Å². The zero-order valence-corrected chi connectivity index (χ0v) is 18.4. The Morgan fingerprint density at radius 1 is 1.13 bits per heavy atom. The molecule has 5 nitrogen and oxygen atoms in total. The van der Waals surface area contributed by atoms with Gasteiger partial charge >= 0.3 is 0 Å². The number of aliphatic imine (C=N–C) groups is 1. The molecule has 2 aromatic rings. The summed E-state index contributed by atoms with van der Waals surface area (Å²) in [6.45, 7) is 10.3. The van der Waals surface area contributed by atoms with Gasteiger partial charge < -0.3 is 10.2 Å². The van der Waals surface area contributed by atoms with Crippen molar-refractivity contribution in [2.24, 2.45) is 10.9 Å².